The molecule has 4 rings (SSSR count). The number of rotatable bonds is 3. The van der Waals surface area contributed by atoms with E-state index in [-0.39, 0.29) is 24.0 Å². The Morgan fingerprint density at radius 3 is 2.79 bits per heavy atom. The molecule has 2 atom stereocenters. The van der Waals surface area contributed by atoms with Crippen molar-refractivity contribution in [1.82, 2.24) is 10.2 Å². The van der Waals surface area contributed by atoms with Crippen LogP contribution >= 0.6 is 0 Å². The predicted octanol–water partition coefficient (Wildman–Crippen LogP) is 4.41. The predicted molar refractivity (Wildman–Crippen MR) is 110 cm³/mol. The molecule has 146 valence electrons. The van der Waals surface area contributed by atoms with E-state index in [0.717, 1.165) is 36.2 Å². The van der Waals surface area contributed by atoms with Gasteiger partial charge in [-0.15, -0.1) is 0 Å². The molecule has 0 saturated carbocycles. The SMILES string of the molecule is Cc1ccc(C2CCCN2C(=O)NC(C)c2ccc3c(c2)CC(=O)N3)cc1C. The molecule has 2 aromatic rings. The number of hydrogen-bond acceptors (Lipinski definition) is 2. The molecule has 5 heteroatoms. The summed E-state index contributed by atoms with van der Waals surface area (Å²) < 4.78 is 0. The zero-order valence-corrected chi connectivity index (χ0v) is 16.7. The Bertz CT molecular complexity index is 937. The van der Waals surface area contributed by atoms with Gasteiger partial charge in [0, 0.05) is 12.2 Å². The van der Waals surface area contributed by atoms with Crippen LogP contribution in [0, 0.1) is 13.8 Å². The quantitative estimate of drug-likeness (QED) is 0.832. The molecule has 2 unspecified atom stereocenters. The van der Waals surface area contributed by atoms with Crippen molar-refractivity contribution in [3.8, 4) is 0 Å². The molecule has 0 radical (unpaired) electrons. The number of nitrogens with one attached hydrogen (secondary N) is 2. The Balaban J connectivity index is 1.47. The fourth-order valence-electron chi connectivity index (χ4n) is 4.20. The number of likely N-dealkylation sites (tertiary alicyclic amines) is 1. The average Bonchev–Trinajstić information content (AvgIpc) is 3.28. The van der Waals surface area contributed by atoms with Gasteiger partial charge in [-0.2, -0.15) is 0 Å². The van der Waals surface area contributed by atoms with E-state index in [1.165, 1.54) is 16.7 Å². The monoisotopic (exact) mass is 377 g/mol. The van der Waals surface area contributed by atoms with Crippen LogP contribution in [0.3, 0.4) is 0 Å². The van der Waals surface area contributed by atoms with Gasteiger partial charge >= 0.3 is 6.03 Å². The minimum absolute atomic E-state index is 0.0251. The van der Waals surface area contributed by atoms with Gasteiger partial charge in [0.25, 0.3) is 0 Å². The number of fused-ring (bicyclic) bond motifs is 1. The number of carbonyl (C=O) groups is 2. The summed E-state index contributed by atoms with van der Waals surface area (Å²) in [7, 11) is 0. The molecule has 2 aliphatic rings. The van der Waals surface area contributed by atoms with Gasteiger partial charge in [-0.1, -0.05) is 30.3 Å². The highest BCUT2D eigenvalue weighted by atomic mass is 16.2. The molecule has 2 N–H and O–H groups in total. The number of carbonyl (C=O) groups excluding carboxylic acids is 2. The molecule has 28 heavy (non-hydrogen) atoms. The Morgan fingerprint density at radius 2 is 2.00 bits per heavy atom. The van der Waals surface area contributed by atoms with E-state index in [2.05, 4.69) is 42.7 Å². The molecule has 0 aromatic heterocycles. The molecule has 0 aliphatic carbocycles. The van der Waals surface area contributed by atoms with Crippen molar-refractivity contribution in [3.63, 3.8) is 0 Å². The van der Waals surface area contributed by atoms with E-state index in [9.17, 15) is 9.59 Å². The fraction of sp³-hybridized carbons (Fsp3) is 0.391. The largest absolute Gasteiger partial charge is 0.331 e. The van der Waals surface area contributed by atoms with E-state index in [0.29, 0.717) is 6.42 Å². The number of hydrogen-bond donors (Lipinski definition) is 2. The van der Waals surface area contributed by atoms with Gasteiger partial charge in [0.1, 0.15) is 0 Å². The topological polar surface area (TPSA) is 61.4 Å². The van der Waals surface area contributed by atoms with Gasteiger partial charge in [-0.3, -0.25) is 4.79 Å². The second-order valence-electron chi connectivity index (χ2n) is 8.01. The van der Waals surface area contributed by atoms with Crippen LogP contribution in [0.4, 0.5) is 10.5 Å². The zero-order chi connectivity index (χ0) is 19.8. The molecular formula is C23H27N3O2. The molecule has 2 aliphatic heterocycles. The van der Waals surface area contributed by atoms with Crippen LogP contribution in [-0.2, 0) is 11.2 Å². The Morgan fingerprint density at radius 1 is 1.18 bits per heavy atom. The fourth-order valence-corrected chi connectivity index (χ4v) is 4.20. The zero-order valence-electron chi connectivity index (χ0n) is 16.7. The van der Waals surface area contributed by atoms with Crippen molar-refractivity contribution >= 4 is 17.6 Å². The lowest BCUT2D eigenvalue weighted by molar-refractivity contribution is -0.115. The van der Waals surface area contributed by atoms with E-state index >= 15 is 0 Å². The van der Waals surface area contributed by atoms with Crippen molar-refractivity contribution in [1.29, 1.82) is 0 Å². The molecule has 0 bridgehead atoms. The van der Waals surface area contributed by atoms with Gasteiger partial charge in [-0.05, 0) is 67.5 Å². The first-order chi connectivity index (χ1) is 13.4. The number of nitrogens with zero attached hydrogens (tertiary/aromatic N) is 1. The Hall–Kier alpha value is -2.82. The molecule has 1 fully saturated rings. The third kappa shape index (κ3) is 3.49. The standard InChI is InChI=1S/C23H27N3O2/c1-14-6-7-18(11-15(14)2)21-5-4-10-26(21)23(28)24-16(3)17-8-9-20-19(12-17)13-22(27)25-20/h6-9,11-12,16,21H,4-5,10,13H2,1-3H3,(H,24,28)(H,25,27). The van der Waals surface area contributed by atoms with Crippen LogP contribution in [0.1, 0.15) is 59.7 Å². The van der Waals surface area contributed by atoms with Crippen LogP contribution in [0.2, 0.25) is 0 Å². The normalized spacial score (nSPS) is 19.3. The highest BCUT2D eigenvalue weighted by molar-refractivity contribution is 5.99. The number of anilines is 1. The highest BCUT2D eigenvalue weighted by Gasteiger charge is 2.31. The van der Waals surface area contributed by atoms with Crippen molar-refractivity contribution in [2.45, 2.75) is 52.1 Å². The molecule has 3 amide bonds. The van der Waals surface area contributed by atoms with Gasteiger partial charge < -0.3 is 15.5 Å². The highest BCUT2D eigenvalue weighted by Crippen LogP contribution is 2.33. The van der Waals surface area contributed by atoms with Crippen molar-refractivity contribution in [2.24, 2.45) is 0 Å². The lowest BCUT2D eigenvalue weighted by Crippen LogP contribution is -2.40. The van der Waals surface area contributed by atoms with E-state index in [4.69, 9.17) is 0 Å². The molecule has 2 aromatic carbocycles. The molecule has 0 spiro atoms. The van der Waals surface area contributed by atoms with Crippen LogP contribution in [0.15, 0.2) is 36.4 Å². The van der Waals surface area contributed by atoms with Crippen molar-refractivity contribution in [3.05, 3.63) is 64.2 Å². The summed E-state index contributed by atoms with van der Waals surface area (Å²) in [4.78, 5) is 26.5. The third-order valence-electron chi connectivity index (χ3n) is 6.02. The van der Waals surface area contributed by atoms with Gasteiger partial charge in [0.15, 0.2) is 0 Å². The van der Waals surface area contributed by atoms with Crippen LogP contribution in [0.25, 0.3) is 0 Å². The second kappa shape index (κ2) is 7.30. The first kappa shape index (κ1) is 18.5. The number of benzene rings is 2. The third-order valence-corrected chi connectivity index (χ3v) is 6.02. The molecule has 2 heterocycles. The summed E-state index contributed by atoms with van der Waals surface area (Å²) in [6, 6.07) is 12.4. The summed E-state index contributed by atoms with van der Waals surface area (Å²) in [5.41, 5.74) is 6.64. The van der Waals surface area contributed by atoms with Crippen molar-refractivity contribution < 1.29 is 9.59 Å². The summed E-state index contributed by atoms with van der Waals surface area (Å²) in [6.45, 7) is 7.00. The maximum atomic E-state index is 13.0. The number of aryl methyl sites for hydroxylation is 2. The minimum Gasteiger partial charge on any atom is -0.331 e. The van der Waals surface area contributed by atoms with E-state index < -0.39 is 0 Å². The number of urea groups is 1. The molecule has 5 nitrogen and oxygen atoms in total. The summed E-state index contributed by atoms with van der Waals surface area (Å²) in [5, 5.41) is 5.99. The summed E-state index contributed by atoms with van der Waals surface area (Å²) in [5.74, 6) is 0.0251. The molecule has 1 saturated heterocycles. The maximum Gasteiger partial charge on any atom is 0.318 e. The average molecular weight is 377 g/mol. The Kier molecular flexibility index (Phi) is 4.84. The smallest absolute Gasteiger partial charge is 0.318 e. The van der Waals surface area contributed by atoms with Crippen LogP contribution < -0.4 is 10.6 Å². The van der Waals surface area contributed by atoms with E-state index in [1.54, 1.807) is 0 Å². The summed E-state index contributed by atoms with van der Waals surface area (Å²) >= 11 is 0. The number of amides is 3. The van der Waals surface area contributed by atoms with Crippen LogP contribution in [-0.4, -0.2) is 23.4 Å². The second-order valence-corrected chi connectivity index (χ2v) is 8.01. The minimum atomic E-state index is -0.116. The van der Waals surface area contributed by atoms with Gasteiger partial charge in [-0.25, -0.2) is 4.79 Å². The lowest BCUT2D eigenvalue weighted by atomic mass is 9.99. The summed E-state index contributed by atoms with van der Waals surface area (Å²) in [6.07, 6.45) is 2.42. The lowest BCUT2D eigenvalue weighted by Gasteiger charge is -2.28. The van der Waals surface area contributed by atoms with Gasteiger partial charge in [0.2, 0.25) is 5.91 Å². The first-order valence-corrected chi connectivity index (χ1v) is 9.99. The van der Waals surface area contributed by atoms with Gasteiger partial charge in [0.05, 0.1) is 18.5 Å². The maximum absolute atomic E-state index is 13.0. The van der Waals surface area contributed by atoms with Crippen LogP contribution in [0.5, 0.6) is 0 Å². The van der Waals surface area contributed by atoms with Crippen molar-refractivity contribution in [2.75, 3.05) is 11.9 Å². The first-order valence-electron chi connectivity index (χ1n) is 9.99. The molecular weight excluding hydrogens is 350 g/mol. The Labute approximate surface area is 166 Å². The van der Waals surface area contributed by atoms with E-state index in [1.807, 2.05) is 30.0 Å².